The summed E-state index contributed by atoms with van der Waals surface area (Å²) >= 11 is 3.35. The minimum atomic E-state index is -0.443. The summed E-state index contributed by atoms with van der Waals surface area (Å²) in [6.45, 7) is 1.89. The van der Waals surface area contributed by atoms with Crippen LogP contribution >= 0.6 is 15.9 Å². The Morgan fingerprint density at radius 2 is 2.04 bits per heavy atom. The highest BCUT2D eigenvalue weighted by Gasteiger charge is 2.15. The normalized spacial score (nSPS) is 10.6. The summed E-state index contributed by atoms with van der Waals surface area (Å²) in [5.74, 6) is -0.0424. The number of hydrogen-bond donors (Lipinski definition) is 1. The first-order valence-corrected chi connectivity index (χ1v) is 7.62. The van der Waals surface area contributed by atoms with E-state index in [-0.39, 0.29) is 5.76 Å². The average molecular weight is 375 g/mol. The minimum absolute atomic E-state index is 0.0885. The van der Waals surface area contributed by atoms with Crippen LogP contribution in [0.2, 0.25) is 0 Å². The standard InChI is InChI=1S/C17H12BrFN2O2/c1-10-8-16(20-9-12(10)18)21-17(22)15-7-6-14(23-15)11-4-2-3-5-13(11)19/h2-9H,1H3,(H,20,21,22). The number of halogens is 2. The van der Waals surface area contributed by atoms with Crippen molar-refractivity contribution in [2.45, 2.75) is 6.92 Å². The molecule has 1 aromatic carbocycles. The molecule has 0 unspecified atom stereocenters. The number of aromatic nitrogens is 1. The molecule has 0 fully saturated rings. The second kappa shape index (κ2) is 6.34. The summed E-state index contributed by atoms with van der Waals surface area (Å²) in [7, 11) is 0. The van der Waals surface area contributed by atoms with Gasteiger partial charge >= 0.3 is 0 Å². The summed E-state index contributed by atoms with van der Waals surface area (Å²) in [5.41, 5.74) is 1.26. The molecule has 4 nitrogen and oxygen atoms in total. The van der Waals surface area contributed by atoms with Crippen molar-refractivity contribution in [1.29, 1.82) is 0 Å². The Balaban J connectivity index is 1.81. The molecule has 116 valence electrons. The number of furan rings is 1. The molecule has 0 aliphatic heterocycles. The van der Waals surface area contributed by atoms with Crippen molar-refractivity contribution >= 4 is 27.7 Å². The zero-order valence-electron chi connectivity index (χ0n) is 12.1. The molecule has 0 spiro atoms. The van der Waals surface area contributed by atoms with Gasteiger partial charge in [-0.05, 0) is 58.7 Å². The van der Waals surface area contributed by atoms with Crippen molar-refractivity contribution in [1.82, 2.24) is 4.98 Å². The molecule has 0 atom stereocenters. The van der Waals surface area contributed by atoms with Crippen LogP contribution in [0, 0.1) is 12.7 Å². The van der Waals surface area contributed by atoms with Gasteiger partial charge in [0.05, 0.1) is 5.56 Å². The maximum Gasteiger partial charge on any atom is 0.292 e. The first-order valence-electron chi connectivity index (χ1n) is 6.83. The van der Waals surface area contributed by atoms with E-state index in [9.17, 15) is 9.18 Å². The average Bonchev–Trinajstić information content (AvgIpc) is 3.01. The van der Waals surface area contributed by atoms with E-state index in [4.69, 9.17) is 4.42 Å². The summed E-state index contributed by atoms with van der Waals surface area (Å²) in [4.78, 5) is 16.3. The molecule has 3 aromatic rings. The van der Waals surface area contributed by atoms with E-state index >= 15 is 0 Å². The third kappa shape index (κ3) is 3.32. The van der Waals surface area contributed by atoms with Crippen molar-refractivity contribution in [3.63, 3.8) is 0 Å². The van der Waals surface area contributed by atoms with Crippen LogP contribution in [-0.2, 0) is 0 Å². The SMILES string of the molecule is Cc1cc(NC(=O)c2ccc(-c3ccccc3F)o2)ncc1Br. The molecule has 0 radical (unpaired) electrons. The molecule has 0 aliphatic carbocycles. The lowest BCUT2D eigenvalue weighted by atomic mass is 10.1. The van der Waals surface area contributed by atoms with Gasteiger partial charge in [-0.2, -0.15) is 0 Å². The Kier molecular flexibility index (Phi) is 4.25. The van der Waals surface area contributed by atoms with Crippen LogP contribution < -0.4 is 5.32 Å². The maximum absolute atomic E-state index is 13.7. The molecule has 2 heterocycles. The fraction of sp³-hybridized carbons (Fsp3) is 0.0588. The number of anilines is 1. The molecule has 2 aromatic heterocycles. The van der Waals surface area contributed by atoms with Crippen LogP contribution in [0.4, 0.5) is 10.2 Å². The maximum atomic E-state index is 13.7. The van der Waals surface area contributed by atoms with Crippen LogP contribution in [0.3, 0.4) is 0 Å². The highest BCUT2D eigenvalue weighted by molar-refractivity contribution is 9.10. The lowest BCUT2D eigenvalue weighted by molar-refractivity contribution is 0.0997. The Morgan fingerprint density at radius 1 is 1.26 bits per heavy atom. The van der Waals surface area contributed by atoms with Gasteiger partial charge in [0.1, 0.15) is 17.4 Å². The first-order chi connectivity index (χ1) is 11.0. The predicted molar refractivity (Wildman–Crippen MR) is 88.7 cm³/mol. The zero-order valence-corrected chi connectivity index (χ0v) is 13.7. The molecular formula is C17H12BrFN2O2. The van der Waals surface area contributed by atoms with Crippen molar-refractivity contribution in [2.24, 2.45) is 0 Å². The number of carbonyl (C=O) groups is 1. The summed E-state index contributed by atoms with van der Waals surface area (Å²) in [6.07, 6.45) is 1.61. The number of rotatable bonds is 3. The molecule has 0 aliphatic rings. The molecule has 6 heteroatoms. The third-order valence-corrected chi connectivity index (χ3v) is 4.09. The summed E-state index contributed by atoms with van der Waals surface area (Å²) in [6, 6.07) is 11.0. The van der Waals surface area contributed by atoms with E-state index in [1.54, 1.807) is 36.5 Å². The van der Waals surface area contributed by atoms with Crippen LogP contribution in [0.25, 0.3) is 11.3 Å². The number of amides is 1. The quantitative estimate of drug-likeness (QED) is 0.715. The van der Waals surface area contributed by atoms with E-state index in [0.717, 1.165) is 10.0 Å². The number of carbonyl (C=O) groups excluding carboxylic acids is 1. The highest BCUT2D eigenvalue weighted by Crippen LogP contribution is 2.25. The van der Waals surface area contributed by atoms with E-state index < -0.39 is 11.7 Å². The Labute approximate surface area is 140 Å². The van der Waals surface area contributed by atoms with Gasteiger partial charge in [0, 0.05) is 10.7 Å². The van der Waals surface area contributed by atoms with Crippen molar-refractivity contribution in [2.75, 3.05) is 5.32 Å². The lowest BCUT2D eigenvalue weighted by Crippen LogP contribution is -2.12. The number of benzene rings is 1. The Hall–Kier alpha value is -2.47. The van der Waals surface area contributed by atoms with Gasteiger partial charge < -0.3 is 9.73 Å². The van der Waals surface area contributed by atoms with Gasteiger partial charge in [0.2, 0.25) is 0 Å². The van der Waals surface area contributed by atoms with Crippen molar-refractivity contribution in [3.05, 3.63) is 70.3 Å². The second-order valence-electron chi connectivity index (χ2n) is 4.92. The molecule has 1 amide bonds. The lowest BCUT2D eigenvalue weighted by Gasteiger charge is -2.04. The number of nitrogens with one attached hydrogen (secondary N) is 1. The topological polar surface area (TPSA) is 55.1 Å². The monoisotopic (exact) mass is 374 g/mol. The van der Waals surface area contributed by atoms with Crippen molar-refractivity contribution in [3.8, 4) is 11.3 Å². The van der Waals surface area contributed by atoms with Gasteiger partial charge in [-0.15, -0.1) is 0 Å². The zero-order chi connectivity index (χ0) is 16.4. The van der Waals surface area contributed by atoms with E-state index in [0.29, 0.717) is 17.1 Å². The Bertz CT molecular complexity index is 877. The number of aryl methyl sites for hydroxylation is 1. The number of nitrogens with zero attached hydrogens (tertiary/aromatic N) is 1. The van der Waals surface area contributed by atoms with E-state index in [1.807, 2.05) is 6.92 Å². The molecule has 0 saturated heterocycles. The molecule has 23 heavy (non-hydrogen) atoms. The molecule has 0 bridgehead atoms. The van der Waals surface area contributed by atoms with Gasteiger partial charge in [0.15, 0.2) is 5.76 Å². The molecule has 1 N–H and O–H groups in total. The third-order valence-electron chi connectivity index (χ3n) is 3.26. The van der Waals surface area contributed by atoms with Gasteiger partial charge in [-0.1, -0.05) is 12.1 Å². The van der Waals surface area contributed by atoms with Gasteiger partial charge in [-0.3, -0.25) is 4.79 Å². The smallest absolute Gasteiger partial charge is 0.292 e. The largest absolute Gasteiger partial charge is 0.451 e. The second-order valence-corrected chi connectivity index (χ2v) is 5.77. The predicted octanol–water partition coefficient (Wildman–Crippen LogP) is 4.80. The summed E-state index contributed by atoms with van der Waals surface area (Å²) < 4.78 is 20.0. The van der Waals surface area contributed by atoms with Gasteiger partial charge in [-0.25, -0.2) is 9.37 Å². The van der Waals surface area contributed by atoms with Crippen LogP contribution in [0.5, 0.6) is 0 Å². The van der Waals surface area contributed by atoms with Crippen LogP contribution in [-0.4, -0.2) is 10.9 Å². The van der Waals surface area contributed by atoms with Crippen LogP contribution in [0.1, 0.15) is 16.1 Å². The number of hydrogen-bond acceptors (Lipinski definition) is 3. The van der Waals surface area contributed by atoms with Crippen molar-refractivity contribution < 1.29 is 13.6 Å². The molecule has 0 saturated carbocycles. The van der Waals surface area contributed by atoms with E-state index in [2.05, 4.69) is 26.2 Å². The Morgan fingerprint density at radius 3 is 2.78 bits per heavy atom. The summed E-state index contributed by atoms with van der Waals surface area (Å²) in [5, 5.41) is 2.65. The fourth-order valence-electron chi connectivity index (χ4n) is 2.05. The molecule has 3 rings (SSSR count). The highest BCUT2D eigenvalue weighted by atomic mass is 79.9. The minimum Gasteiger partial charge on any atom is -0.451 e. The van der Waals surface area contributed by atoms with E-state index in [1.165, 1.54) is 12.1 Å². The first kappa shape index (κ1) is 15.4. The van der Waals surface area contributed by atoms with Gasteiger partial charge in [0.25, 0.3) is 5.91 Å². The number of pyridine rings is 1. The molecular weight excluding hydrogens is 363 g/mol. The fourth-order valence-corrected chi connectivity index (χ4v) is 2.27. The van der Waals surface area contributed by atoms with Crippen LogP contribution in [0.15, 0.2) is 57.6 Å².